The zero-order valence-corrected chi connectivity index (χ0v) is 24.4. The number of piperazine rings is 1. The van der Waals surface area contributed by atoms with Gasteiger partial charge in [0, 0.05) is 68.3 Å². The fourth-order valence-corrected chi connectivity index (χ4v) is 6.20. The molecule has 43 heavy (non-hydrogen) atoms. The normalized spacial score (nSPS) is 14.7. The van der Waals surface area contributed by atoms with Crippen molar-refractivity contribution in [1.29, 1.82) is 0 Å². The summed E-state index contributed by atoms with van der Waals surface area (Å²) in [4.78, 5) is 27.9. The van der Waals surface area contributed by atoms with Crippen molar-refractivity contribution in [2.45, 2.75) is 31.0 Å². The molecule has 2 aliphatic heterocycles. The number of nitro benzene ring substituents is 1. The summed E-state index contributed by atoms with van der Waals surface area (Å²) < 4.78 is 12.9. The first-order valence-corrected chi connectivity index (χ1v) is 15.3. The summed E-state index contributed by atoms with van der Waals surface area (Å²) in [6.07, 6.45) is 2.20. The van der Waals surface area contributed by atoms with Crippen LogP contribution in [0.5, 0.6) is 11.5 Å². The number of nitrogens with zero attached hydrogens (tertiary/aromatic N) is 6. The first kappa shape index (κ1) is 28.7. The molecule has 0 radical (unpaired) electrons. The van der Waals surface area contributed by atoms with E-state index in [1.807, 2.05) is 51.9 Å². The van der Waals surface area contributed by atoms with Crippen molar-refractivity contribution in [3.8, 4) is 28.6 Å². The molecule has 1 amide bonds. The van der Waals surface area contributed by atoms with Crippen LogP contribution in [0, 0.1) is 10.1 Å². The van der Waals surface area contributed by atoms with E-state index in [-0.39, 0.29) is 18.4 Å². The Morgan fingerprint density at radius 2 is 1.67 bits per heavy atom. The molecule has 3 heterocycles. The van der Waals surface area contributed by atoms with Gasteiger partial charge in [0.1, 0.15) is 0 Å². The molecule has 1 saturated heterocycles. The third-order valence-electron chi connectivity index (χ3n) is 7.57. The molecule has 1 fully saturated rings. The quantitative estimate of drug-likeness (QED) is 0.0994. The van der Waals surface area contributed by atoms with E-state index >= 15 is 0 Å². The number of thioether (sulfide) groups is 1. The van der Waals surface area contributed by atoms with Crippen LogP contribution in [0.15, 0.2) is 78.0 Å². The summed E-state index contributed by atoms with van der Waals surface area (Å²) in [5, 5.41) is 20.7. The Balaban J connectivity index is 0.979. The number of rotatable bonds is 11. The van der Waals surface area contributed by atoms with Crippen molar-refractivity contribution >= 4 is 23.4 Å². The van der Waals surface area contributed by atoms with E-state index in [2.05, 4.69) is 21.2 Å². The molecule has 4 aromatic rings. The number of nitro groups is 1. The number of carbonyl (C=O) groups is 1. The zero-order valence-electron chi connectivity index (χ0n) is 23.6. The molecule has 0 saturated carbocycles. The summed E-state index contributed by atoms with van der Waals surface area (Å²) in [6.45, 7) is 4.28. The SMILES string of the molecule is O=C(CCCCSc1nnc(-c2ccc([N+](=O)[O-])cc2)n1-c1ccccc1)N1CCN(Cc2ccc3c(c2)OCO3)CC1. The van der Waals surface area contributed by atoms with E-state index < -0.39 is 4.92 Å². The number of carbonyl (C=O) groups excluding carboxylic acids is 1. The summed E-state index contributed by atoms with van der Waals surface area (Å²) in [6, 6.07) is 22.2. The van der Waals surface area contributed by atoms with Gasteiger partial charge in [0.25, 0.3) is 5.69 Å². The molecule has 2 aliphatic rings. The minimum absolute atomic E-state index is 0.0294. The van der Waals surface area contributed by atoms with Crippen LogP contribution in [0.25, 0.3) is 17.1 Å². The van der Waals surface area contributed by atoms with E-state index in [9.17, 15) is 14.9 Å². The molecule has 0 unspecified atom stereocenters. The number of ether oxygens (including phenoxy) is 2. The van der Waals surface area contributed by atoms with E-state index in [0.29, 0.717) is 12.2 Å². The third kappa shape index (κ3) is 6.81. The van der Waals surface area contributed by atoms with Gasteiger partial charge in [-0.2, -0.15) is 0 Å². The standard InChI is InChI=1S/C31H32N6O5S/c38-29(35-17-15-34(16-18-35)21-23-9-14-27-28(20-23)42-22-41-27)8-4-5-19-43-31-33-32-30(36(31)25-6-2-1-3-7-25)24-10-12-26(13-11-24)37(39)40/h1-3,6-7,9-14,20H,4-5,8,15-19,21-22H2. The van der Waals surface area contributed by atoms with Gasteiger partial charge in [-0.15, -0.1) is 10.2 Å². The number of aromatic nitrogens is 3. The maximum absolute atomic E-state index is 12.9. The van der Waals surface area contributed by atoms with Crippen LogP contribution in [0.4, 0.5) is 5.69 Å². The van der Waals surface area contributed by atoms with Gasteiger partial charge in [-0.1, -0.05) is 36.0 Å². The predicted octanol–water partition coefficient (Wildman–Crippen LogP) is 5.18. The predicted molar refractivity (Wildman–Crippen MR) is 162 cm³/mol. The number of non-ortho nitro benzene ring substituents is 1. The Hall–Kier alpha value is -4.42. The van der Waals surface area contributed by atoms with Crippen molar-refractivity contribution in [2.75, 3.05) is 38.7 Å². The Labute approximate surface area is 253 Å². The number of para-hydroxylation sites is 1. The van der Waals surface area contributed by atoms with Crippen LogP contribution in [0.3, 0.4) is 0 Å². The average molecular weight is 601 g/mol. The van der Waals surface area contributed by atoms with Crippen molar-refractivity contribution in [3.63, 3.8) is 0 Å². The molecule has 6 rings (SSSR count). The molecule has 0 bridgehead atoms. The van der Waals surface area contributed by atoms with Gasteiger partial charge in [0.15, 0.2) is 22.5 Å². The lowest BCUT2D eigenvalue weighted by Gasteiger charge is -2.34. The van der Waals surface area contributed by atoms with Crippen molar-refractivity contribution < 1.29 is 19.2 Å². The molecule has 0 aliphatic carbocycles. The summed E-state index contributed by atoms with van der Waals surface area (Å²) >= 11 is 1.59. The number of hydrogen-bond donors (Lipinski definition) is 0. The topological polar surface area (TPSA) is 116 Å². The highest BCUT2D eigenvalue weighted by molar-refractivity contribution is 7.99. The van der Waals surface area contributed by atoms with Crippen LogP contribution in [-0.2, 0) is 11.3 Å². The Morgan fingerprint density at radius 1 is 0.907 bits per heavy atom. The lowest BCUT2D eigenvalue weighted by Crippen LogP contribution is -2.48. The summed E-state index contributed by atoms with van der Waals surface area (Å²) in [7, 11) is 0. The third-order valence-corrected chi connectivity index (χ3v) is 8.58. The van der Waals surface area contributed by atoms with E-state index in [0.717, 1.165) is 79.2 Å². The van der Waals surface area contributed by atoms with Crippen LogP contribution in [0.2, 0.25) is 0 Å². The monoisotopic (exact) mass is 600 g/mol. The van der Waals surface area contributed by atoms with Gasteiger partial charge in [0.2, 0.25) is 12.7 Å². The second-order valence-corrected chi connectivity index (χ2v) is 11.5. The summed E-state index contributed by atoms with van der Waals surface area (Å²) in [5.74, 6) is 3.22. The van der Waals surface area contributed by atoms with Crippen molar-refractivity contribution in [3.05, 3.63) is 88.5 Å². The lowest BCUT2D eigenvalue weighted by molar-refractivity contribution is -0.384. The van der Waals surface area contributed by atoms with Crippen LogP contribution >= 0.6 is 11.8 Å². The van der Waals surface area contributed by atoms with Gasteiger partial charge in [0.05, 0.1) is 4.92 Å². The molecule has 11 nitrogen and oxygen atoms in total. The molecular weight excluding hydrogens is 568 g/mol. The number of hydrogen-bond acceptors (Lipinski definition) is 9. The molecule has 222 valence electrons. The molecule has 3 aromatic carbocycles. The molecule has 0 spiro atoms. The highest BCUT2D eigenvalue weighted by Gasteiger charge is 2.22. The number of amides is 1. The van der Waals surface area contributed by atoms with E-state index in [1.165, 1.54) is 17.7 Å². The number of benzene rings is 3. The number of fused-ring (bicyclic) bond motifs is 1. The van der Waals surface area contributed by atoms with E-state index in [4.69, 9.17) is 9.47 Å². The van der Waals surface area contributed by atoms with Gasteiger partial charge < -0.3 is 14.4 Å². The molecule has 0 N–H and O–H groups in total. The Morgan fingerprint density at radius 3 is 2.44 bits per heavy atom. The Kier molecular flexibility index (Phi) is 8.85. The first-order valence-electron chi connectivity index (χ1n) is 14.3. The minimum Gasteiger partial charge on any atom is -0.454 e. The van der Waals surface area contributed by atoms with Gasteiger partial charge in [-0.05, 0) is 54.8 Å². The highest BCUT2D eigenvalue weighted by Crippen LogP contribution is 2.33. The zero-order chi connectivity index (χ0) is 29.6. The smallest absolute Gasteiger partial charge is 0.269 e. The molecule has 0 atom stereocenters. The molecule has 1 aromatic heterocycles. The average Bonchev–Trinajstić information content (AvgIpc) is 3.69. The largest absolute Gasteiger partial charge is 0.454 e. The first-order chi connectivity index (χ1) is 21.0. The fourth-order valence-electron chi connectivity index (χ4n) is 5.25. The molecular formula is C31H32N6O5S. The van der Waals surface area contributed by atoms with Crippen molar-refractivity contribution in [1.82, 2.24) is 24.6 Å². The van der Waals surface area contributed by atoms with Gasteiger partial charge in [-0.25, -0.2) is 0 Å². The second-order valence-electron chi connectivity index (χ2n) is 10.4. The van der Waals surface area contributed by atoms with Crippen LogP contribution in [0.1, 0.15) is 24.8 Å². The van der Waals surface area contributed by atoms with Crippen LogP contribution < -0.4 is 9.47 Å². The van der Waals surface area contributed by atoms with E-state index in [1.54, 1.807) is 23.9 Å². The maximum atomic E-state index is 12.9. The highest BCUT2D eigenvalue weighted by atomic mass is 32.2. The minimum atomic E-state index is -0.416. The van der Waals surface area contributed by atoms with Gasteiger partial charge >= 0.3 is 0 Å². The lowest BCUT2D eigenvalue weighted by atomic mass is 10.1. The van der Waals surface area contributed by atoms with Crippen molar-refractivity contribution in [2.24, 2.45) is 0 Å². The summed E-state index contributed by atoms with van der Waals surface area (Å²) in [5.41, 5.74) is 2.87. The second kappa shape index (κ2) is 13.3. The molecule has 12 heteroatoms. The fraction of sp³-hybridized carbons (Fsp3) is 0.323. The van der Waals surface area contributed by atoms with Crippen LogP contribution in [-0.4, -0.2) is 74.1 Å². The maximum Gasteiger partial charge on any atom is 0.269 e. The Bertz CT molecular complexity index is 1570. The van der Waals surface area contributed by atoms with Gasteiger partial charge in [-0.3, -0.25) is 24.4 Å². The number of unbranched alkanes of at least 4 members (excludes halogenated alkanes) is 1.